The normalized spacial score (nSPS) is 10.1. The maximum atomic E-state index is 5.41. The van der Waals surface area contributed by atoms with Crippen molar-refractivity contribution in [2.45, 2.75) is 19.8 Å². The summed E-state index contributed by atoms with van der Waals surface area (Å²) >= 11 is 0. The molecule has 1 heterocycles. The van der Waals surface area contributed by atoms with Crippen LogP contribution in [0, 0.1) is 0 Å². The predicted molar refractivity (Wildman–Crippen MR) is 62.8 cm³/mol. The van der Waals surface area contributed by atoms with Crippen molar-refractivity contribution in [2.75, 3.05) is 32.2 Å². The van der Waals surface area contributed by atoms with Gasteiger partial charge in [0.2, 0.25) is 11.8 Å². The molecule has 90 valence electrons. The number of hydrogen-bond acceptors (Lipinski definition) is 5. The summed E-state index contributed by atoms with van der Waals surface area (Å²) < 4.78 is 10.4. The first-order valence-corrected chi connectivity index (χ1v) is 5.55. The summed E-state index contributed by atoms with van der Waals surface area (Å²) in [6.07, 6.45) is 3.59. The first kappa shape index (κ1) is 12.7. The van der Waals surface area contributed by atoms with Gasteiger partial charge in [0, 0.05) is 32.5 Å². The lowest BCUT2D eigenvalue weighted by atomic mass is 10.4. The molecule has 1 aromatic rings. The lowest BCUT2D eigenvalue weighted by Gasteiger charge is -2.06. The Bertz CT molecular complexity index is 294. The SMILES string of the molecule is CCCOc1ccnc(NCCCOC)n1. The number of methoxy groups -OCH3 is 1. The number of rotatable bonds is 8. The average molecular weight is 225 g/mol. The minimum absolute atomic E-state index is 0.602. The second kappa shape index (κ2) is 7.87. The Morgan fingerprint density at radius 2 is 2.25 bits per heavy atom. The van der Waals surface area contributed by atoms with Crippen molar-refractivity contribution in [3.8, 4) is 5.88 Å². The molecular weight excluding hydrogens is 206 g/mol. The van der Waals surface area contributed by atoms with Gasteiger partial charge in [-0.05, 0) is 12.8 Å². The Hall–Kier alpha value is -1.36. The quantitative estimate of drug-likeness (QED) is 0.683. The highest BCUT2D eigenvalue weighted by molar-refractivity contribution is 5.27. The third-order valence-corrected chi connectivity index (χ3v) is 1.89. The third-order valence-electron chi connectivity index (χ3n) is 1.89. The zero-order valence-electron chi connectivity index (χ0n) is 9.90. The molecule has 16 heavy (non-hydrogen) atoms. The van der Waals surface area contributed by atoms with Crippen molar-refractivity contribution in [2.24, 2.45) is 0 Å². The van der Waals surface area contributed by atoms with Gasteiger partial charge in [0.1, 0.15) is 0 Å². The summed E-state index contributed by atoms with van der Waals surface area (Å²) in [5, 5.41) is 3.11. The van der Waals surface area contributed by atoms with Gasteiger partial charge in [-0.25, -0.2) is 4.98 Å². The van der Waals surface area contributed by atoms with Gasteiger partial charge in [0.25, 0.3) is 0 Å². The summed E-state index contributed by atoms with van der Waals surface area (Å²) in [6, 6.07) is 1.76. The molecule has 0 saturated carbocycles. The molecule has 0 aliphatic rings. The molecule has 0 amide bonds. The highest BCUT2D eigenvalue weighted by atomic mass is 16.5. The number of hydrogen-bond donors (Lipinski definition) is 1. The minimum Gasteiger partial charge on any atom is -0.478 e. The summed E-state index contributed by atoms with van der Waals surface area (Å²) in [7, 11) is 1.69. The molecule has 0 bridgehead atoms. The lowest BCUT2D eigenvalue weighted by molar-refractivity contribution is 0.197. The minimum atomic E-state index is 0.602. The molecule has 0 fully saturated rings. The Kier molecular flexibility index (Phi) is 6.25. The monoisotopic (exact) mass is 225 g/mol. The van der Waals surface area contributed by atoms with Crippen LogP contribution in [0.2, 0.25) is 0 Å². The Morgan fingerprint density at radius 3 is 3.00 bits per heavy atom. The first-order chi connectivity index (χ1) is 7.86. The molecule has 0 saturated heterocycles. The smallest absolute Gasteiger partial charge is 0.225 e. The molecular formula is C11H19N3O2. The Labute approximate surface area is 96.2 Å². The van der Waals surface area contributed by atoms with Gasteiger partial charge < -0.3 is 14.8 Å². The number of ether oxygens (including phenoxy) is 2. The third kappa shape index (κ3) is 4.93. The van der Waals surface area contributed by atoms with Gasteiger partial charge in [0.05, 0.1) is 6.61 Å². The van der Waals surface area contributed by atoms with Crippen molar-refractivity contribution in [3.63, 3.8) is 0 Å². The van der Waals surface area contributed by atoms with Gasteiger partial charge in [0.15, 0.2) is 0 Å². The number of nitrogens with zero attached hydrogens (tertiary/aromatic N) is 2. The van der Waals surface area contributed by atoms with Crippen LogP contribution in [0.3, 0.4) is 0 Å². The average Bonchev–Trinajstić information content (AvgIpc) is 2.33. The zero-order chi connectivity index (χ0) is 11.6. The van der Waals surface area contributed by atoms with Crippen LogP contribution in [0.5, 0.6) is 5.88 Å². The van der Waals surface area contributed by atoms with Crippen LogP contribution in [-0.4, -0.2) is 36.8 Å². The standard InChI is InChI=1S/C11H19N3O2/c1-3-8-16-10-5-7-13-11(14-10)12-6-4-9-15-2/h5,7H,3-4,6,8-9H2,1-2H3,(H,12,13,14). The van der Waals surface area contributed by atoms with Gasteiger partial charge in [-0.15, -0.1) is 0 Å². The van der Waals surface area contributed by atoms with Crippen LogP contribution in [0.25, 0.3) is 0 Å². The highest BCUT2D eigenvalue weighted by Gasteiger charge is 1.98. The fourth-order valence-corrected chi connectivity index (χ4v) is 1.13. The maximum Gasteiger partial charge on any atom is 0.225 e. The summed E-state index contributed by atoms with van der Waals surface area (Å²) in [4.78, 5) is 8.32. The van der Waals surface area contributed by atoms with Crippen LogP contribution < -0.4 is 10.1 Å². The summed E-state index contributed by atoms with van der Waals surface area (Å²) in [6.45, 7) is 4.27. The van der Waals surface area contributed by atoms with Crippen molar-refractivity contribution in [1.82, 2.24) is 9.97 Å². The molecule has 0 aromatic carbocycles. The second-order valence-corrected chi connectivity index (χ2v) is 3.34. The molecule has 1 rings (SSSR count). The summed E-state index contributed by atoms with van der Waals surface area (Å²) in [5.74, 6) is 1.22. The molecule has 1 aromatic heterocycles. The molecule has 0 unspecified atom stereocenters. The van der Waals surface area contributed by atoms with Crippen molar-refractivity contribution >= 4 is 5.95 Å². The molecule has 5 heteroatoms. The molecule has 0 radical (unpaired) electrons. The van der Waals surface area contributed by atoms with E-state index in [1.807, 2.05) is 0 Å². The highest BCUT2D eigenvalue weighted by Crippen LogP contribution is 2.08. The summed E-state index contributed by atoms with van der Waals surface area (Å²) in [5.41, 5.74) is 0. The van der Waals surface area contributed by atoms with Gasteiger partial charge in [-0.3, -0.25) is 0 Å². The number of nitrogens with one attached hydrogen (secondary N) is 1. The lowest BCUT2D eigenvalue weighted by Crippen LogP contribution is -2.08. The largest absolute Gasteiger partial charge is 0.478 e. The zero-order valence-corrected chi connectivity index (χ0v) is 9.90. The van der Waals surface area contributed by atoms with E-state index >= 15 is 0 Å². The fraction of sp³-hybridized carbons (Fsp3) is 0.636. The molecule has 0 spiro atoms. The Morgan fingerprint density at radius 1 is 1.38 bits per heavy atom. The number of aromatic nitrogens is 2. The number of anilines is 1. The van der Waals surface area contributed by atoms with Crippen LogP contribution >= 0.6 is 0 Å². The molecule has 5 nitrogen and oxygen atoms in total. The van der Waals surface area contributed by atoms with Gasteiger partial charge in [-0.2, -0.15) is 4.98 Å². The van der Waals surface area contributed by atoms with E-state index in [0.29, 0.717) is 18.4 Å². The van der Waals surface area contributed by atoms with Crippen LogP contribution in [0.15, 0.2) is 12.3 Å². The van der Waals surface area contributed by atoms with E-state index in [1.165, 1.54) is 0 Å². The van der Waals surface area contributed by atoms with E-state index in [1.54, 1.807) is 19.4 Å². The van der Waals surface area contributed by atoms with E-state index in [4.69, 9.17) is 9.47 Å². The molecule has 0 atom stereocenters. The van der Waals surface area contributed by atoms with Gasteiger partial charge in [-0.1, -0.05) is 6.92 Å². The molecule has 0 aliphatic heterocycles. The molecule has 1 N–H and O–H groups in total. The predicted octanol–water partition coefficient (Wildman–Crippen LogP) is 1.71. The fourth-order valence-electron chi connectivity index (χ4n) is 1.13. The van der Waals surface area contributed by atoms with Crippen LogP contribution in [-0.2, 0) is 4.74 Å². The van der Waals surface area contributed by atoms with E-state index in [2.05, 4.69) is 22.2 Å². The first-order valence-electron chi connectivity index (χ1n) is 5.55. The van der Waals surface area contributed by atoms with Crippen molar-refractivity contribution < 1.29 is 9.47 Å². The Balaban J connectivity index is 2.35. The van der Waals surface area contributed by atoms with E-state index < -0.39 is 0 Å². The van der Waals surface area contributed by atoms with Crippen molar-refractivity contribution in [3.05, 3.63) is 12.3 Å². The van der Waals surface area contributed by atoms with Crippen LogP contribution in [0.1, 0.15) is 19.8 Å². The topological polar surface area (TPSA) is 56.3 Å². The maximum absolute atomic E-state index is 5.41. The van der Waals surface area contributed by atoms with E-state index in [-0.39, 0.29) is 0 Å². The van der Waals surface area contributed by atoms with E-state index in [9.17, 15) is 0 Å². The van der Waals surface area contributed by atoms with E-state index in [0.717, 1.165) is 26.0 Å². The molecule has 0 aliphatic carbocycles. The van der Waals surface area contributed by atoms with Crippen LogP contribution in [0.4, 0.5) is 5.95 Å². The van der Waals surface area contributed by atoms with Gasteiger partial charge >= 0.3 is 0 Å². The second-order valence-electron chi connectivity index (χ2n) is 3.34. The van der Waals surface area contributed by atoms with Crippen molar-refractivity contribution in [1.29, 1.82) is 0 Å².